The molecule has 1 aliphatic rings. The van der Waals surface area contributed by atoms with Crippen molar-refractivity contribution in [2.45, 2.75) is 36.1 Å². The molecule has 152 valence electrons. The van der Waals surface area contributed by atoms with Gasteiger partial charge in [0.1, 0.15) is 17.3 Å². The molecular weight excluding hydrogens is 417 g/mol. The molecule has 3 rings (SSSR count). The van der Waals surface area contributed by atoms with E-state index in [2.05, 4.69) is 15.3 Å². The van der Waals surface area contributed by atoms with Crippen molar-refractivity contribution in [2.24, 2.45) is 0 Å². The molecule has 1 aromatic heterocycles. The molecule has 1 N–H and O–H groups in total. The molecule has 8 radical (unpaired) electrons. The monoisotopic (exact) mass is 434 g/mol. The van der Waals surface area contributed by atoms with Gasteiger partial charge in [-0.25, -0.2) is 18.7 Å². The van der Waals surface area contributed by atoms with Gasteiger partial charge in [-0.3, -0.25) is 4.79 Å². The summed E-state index contributed by atoms with van der Waals surface area (Å²) in [7, 11) is 24.4. The molecule has 12 heteroatoms. The van der Waals surface area contributed by atoms with Crippen molar-refractivity contribution < 1.29 is 13.6 Å². The number of piperidine rings is 1. The second-order valence-electron chi connectivity index (χ2n) is 7.78. The summed E-state index contributed by atoms with van der Waals surface area (Å²) < 4.78 is 29.3. The number of likely N-dealkylation sites (tertiary alicyclic amines) is 1. The third kappa shape index (κ3) is 4.40. The van der Waals surface area contributed by atoms with Crippen molar-refractivity contribution in [3.05, 3.63) is 58.4 Å². The molecule has 1 aliphatic heterocycles. The van der Waals surface area contributed by atoms with Crippen LogP contribution in [0.25, 0.3) is 0 Å². The fraction of sp³-hybridized carbons (Fsp3) is 0.421. The Bertz CT molecular complexity index is 980. The van der Waals surface area contributed by atoms with Crippen LogP contribution in [-0.2, 0) is 6.54 Å². The standard InChI is InChI=1S/C19H17B4ClF2N4O/c1-11-7-28-15(29-8-11)9-27-10-17(26)4-5-30(19(22,23)18(17,20)21)16(31)12-2-3-14(25)13(24)6-12/h2-3,6-8,27H,4-5,9-10H2,1H3. The number of hydrogen-bond donors (Lipinski definition) is 1. The van der Waals surface area contributed by atoms with Crippen LogP contribution in [0.1, 0.15) is 28.2 Å². The fourth-order valence-corrected chi connectivity index (χ4v) is 3.62. The van der Waals surface area contributed by atoms with Crippen LogP contribution < -0.4 is 5.32 Å². The molecule has 1 amide bonds. The van der Waals surface area contributed by atoms with Crippen molar-refractivity contribution in [1.82, 2.24) is 20.2 Å². The third-order valence-corrected chi connectivity index (χ3v) is 5.81. The van der Waals surface area contributed by atoms with Crippen molar-refractivity contribution in [3.63, 3.8) is 0 Å². The average molecular weight is 434 g/mol. The lowest BCUT2D eigenvalue weighted by Crippen LogP contribution is -2.72. The van der Waals surface area contributed by atoms with E-state index in [1.165, 1.54) is 6.07 Å². The van der Waals surface area contributed by atoms with Gasteiger partial charge in [-0.2, -0.15) is 0 Å². The molecule has 2 heterocycles. The quantitative estimate of drug-likeness (QED) is 0.723. The van der Waals surface area contributed by atoms with Crippen molar-refractivity contribution >= 4 is 48.9 Å². The number of rotatable bonds is 5. The van der Waals surface area contributed by atoms with Gasteiger partial charge >= 0.3 is 0 Å². The first-order valence-electron chi connectivity index (χ1n) is 9.49. The molecule has 1 saturated heterocycles. The van der Waals surface area contributed by atoms with Crippen LogP contribution in [0.5, 0.6) is 0 Å². The Kier molecular flexibility index (Phi) is 6.59. The number of alkyl halides is 1. The van der Waals surface area contributed by atoms with Gasteiger partial charge in [0.05, 0.1) is 43.0 Å². The van der Waals surface area contributed by atoms with Gasteiger partial charge in [-0.15, -0.1) is 0 Å². The Balaban J connectivity index is 1.76. The Morgan fingerprint density at radius 1 is 1.26 bits per heavy atom. The Hall–Kier alpha value is -1.86. The zero-order valence-corrected chi connectivity index (χ0v) is 17.7. The Morgan fingerprint density at radius 3 is 2.52 bits per heavy atom. The zero-order chi connectivity index (χ0) is 23.0. The summed E-state index contributed by atoms with van der Waals surface area (Å²) in [6.45, 7) is 1.55. The maximum Gasteiger partial charge on any atom is 0.252 e. The number of carbonyl (C=O) groups excluding carboxylic acids is 1. The average Bonchev–Trinajstić information content (AvgIpc) is 2.70. The number of benzene rings is 1. The molecule has 0 spiro atoms. The highest BCUT2D eigenvalue weighted by molar-refractivity contribution is 6.55. The summed E-state index contributed by atoms with van der Waals surface area (Å²) in [4.78, 5) is 22.2. The molecule has 1 atom stereocenters. The van der Waals surface area contributed by atoms with Crippen LogP contribution in [0.15, 0.2) is 30.6 Å². The SMILES string of the molecule is [B]C1([B])N(C(=O)c2ccc(F)c(Cl)c2)CCC(F)(CNCc2ncc(C)cn2)C1([B])[B]. The van der Waals surface area contributed by atoms with E-state index >= 15 is 4.39 Å². The number of carbonyl (C=O) groups is 1. The maximum absolute atomic E-state index is 15.8. The summed E-state index contributed by atoms with van der Waals surface area (Å²) in [5, 5.41) is -1.94. The predicted molar refractivity (Wildman–Crippen MR) is 118 cm³/mol. The second kappa shape index (κ2) is 8.58. The van der Waals surface area contributed by atoms with E-state index in [4.69, 9.17) is 43.0 Å². The molecule has 0 aliphatic carbocycles. The molecule has 5 nitrogen and oxygen atoms in total. The Labute approximate surface area is 190 Å². The molecule has 1 fully saturated rings. The van der Waals surface area contributed by atoms with Crippen LogP contribution in [-0.4, -0.2) is 76.3 Å². The molecular formula is C19H17B4ClF2N4O. The van der Waals surface area contributed by atoms with Crippen molar-refractivity contribution in [3.8, 4) is 0 Å². The van der Waals surface area contributed by atoms with E-state index in [0.29, 0.717) is 5.82 Å². The molecule has 0 bridgehead atoms. The van der Waals surface area contributed by atoms with Crippen LogP contribution in [0.3, 0.4) is 0 Å². The summed E-state index contributed by atoms with van der Waals surface area (Å²) in [6, 6.07) is 3.38. The zero-order valence-electron chi connectivity index (χ0n) is 16.9. The lowest BCUT2D eigenvalue weighted by Gasteiger charge is -2.62. The second-order valence-corrected chi connectivity index (χ2v) is 8.18. The largest absolute Gasteiger partial charge is 0.351 e. The van der Waals surface area contributed by atoms with E-state index in [0.717, 1.165) is 22.6 Å². The normalized spacial score (nSPS) is 22.3. The topological polar surface area (TPSA) is 58.1 Å². The van der Waals surface area contributed by atoms with E-state index in [1.54, 1.807) is 12.4 Å². The van der Waals surface area contributed by atoms with Crippen molar-refractivity contribution in [1.29, 1.82) is 0 Å². The van der Waals surface area contributed by atoms with Crippen LogP contribution in [0, 0.1) is 12.7 Å². The predicted octanol–water partition coefficient (Wildman–Crippen LogP) is 1.37. The summed E-state index contributed by atoms with van der Waals surface area (Å²) in [5.41, 5.74) is -1.34. The van der Waals surface area contributed by atoms with Gasteiger partial charge in [0, 0.05) is 31.0 Å². The van der Waals surface area contributed by atoms with Gasteiger partial charge < -0.3 is 10.2 Å². The maximum atomic E-state index is 15.8. The summed E-state index contributed by atoms with van der Waals surface area (Å²) >= 11 is 5.75. The lowest BCUT2D eigenvalue weighted by molar-refractivity contribution is 0.0140. The van der Waals surface area contributed by atoms with E-state index in [1.807, 2.05) is 6.92 Å². The number of aryl methyl sites for hydroxylation is 1. The number of aromatic nitrogens is 2. The molecule has 31 heavy (non-hydrogen) atoms. The Morgan fingerprint density at radius 2 is 1.90 bits per heavy atom. The van der Waals surface area contributed by atoms with E-state index < -0.39 is 27.9 Å². The number of hydrogen-bond acceptors (Lipinski definition) is 4. The summed E-state index contributed by atoms with van der Waals surface area (Å²) in [5.74, 6) is -0.932. The van der Waals surface area contributed by atoms with Crippen LogP contribution in [0.2, 0.25) is 10.2 Å². The van der Waals surface area contributed by atoms with Crippen LogP contribution in [0.4, 0.5) is 8.78 Å². The van der Waals surface area contributed by atoms with Gasteiger partial charge in [0.15, 0.2) is 0 Å². The highest BCUT2D eigenvalue weighted by Gasteiger charge is 2.58. The number of amides is 1. The molecule has 1 unspecified atom stereocenters. The molecule has 2 aromatic rings. The van der Waals surface area contributed by atoms with Gasteiger partial charge in [-0.05, 0) is 42.4 Å². The van der Waals surface area contributed by atoms with Crippen LogP contribution >= 0.6 is 11.6 Å². The minimum Gasteiger partial charge on any atom is -0.351 e. The van der Waals surface area contributed by atoms with E-state index in [-0.39, 0.29) is 36.6 Å². The first-order valence-corrected chi connectivity index (χ1v) is 9.86. The first kappa shape index (κ1) is 23.8. The highest BCUT2D eigenvalue weighted by Crippen LogP contribution is 2.51. The van der Waals surface area contributed by atoms with Crippen molar-refractivity contribution in [2.75, 3.05) is 13.1 Å². The van der Waals surface area contributed by atoms with Gasteiger partial charge in [0.25, 0.3) is 5.91 Å². The fourth-order valence-electron chi connectivity index (χ4n) is 3.44. The molecule has 0 saturated carbocycles. The lowest BCUT2D eigenvalue weighted by atomic mass is 9.27. The number of nitrogens with zero attached hydrogens (tertiary/aromatic N) is 3. The number of halogens is 3. The third-order valence-electron chi connectivity index (χ3n) is 5.52. The van der Waals surface area contributed by atoms with E-state index in [9.17, 15) is 9.18 Å². The number of nitrogens with one attached hydrogen (secondary N) is 1. The van der Waals surface area contributed by atoms with Gasteiger partial charge in [0.2, 0.25) is 0 Å². The minimum absolute atomic E-state index is 0.0171. The molecule has 1 aromatic carbocycles. The van der Waals surface area contributed by atoms with Gasteiger partial charge in [-0.1, -0.05) is 16.8 Å². The summed E-state index contributed by atoms with van der Waals surface area (Å²) in [6.07, 6.45) is 3.04. The minimum atomic E-state index is -2.32. The highest BCUT2D eigenvalue weighted by atomic mass is 35.5. The smallest absolute Gasteiger partial charge is 0.252 e. The first-order chi connectivity index (χ1) is 14.4.